The van der Waals surface area contributed by atoms with E-state index in [2.05, 4.69) is 37.7 Å². The smallest absolute Gasteiger partial charge is 0.329 e. The molecule has 3 saturated heterocycles. The summed E-state index contributed by atoms with van der Waals surface area (Å²) in [7, 11) is 1.88. The van der Waals surface area contributed by atoms with E-state index in [9.17, 15) is 24.3 Å². The highest BCUT2D eigenvalue weighted by Gasteiger charge is 2.50. The molecule has 1 saturated carbocycles. The zero-order valence-electron chi connectivity index (χ0n) is 41.3. The van der Waals surface area contributed by atoms with Crippen molar-refractivity contribution in [3.05, 3.63) is 100 Å². The van der Waals surface area contributed by atoms with Crippen LogP contribution in [0.1, 0.15) is 98.5 Å². The Kier molecular flexibility index (Phi) is 14.4. The maximum atomic E-state index is 16.5. The second-order valence-electron chi connectivity index (χ2n) is 20.5. The van der Waals surface area contributed by atoms with Gasteiger partial charge in [0.1, 0.15) is 18.2 Å². The van der Waals surface area contributed by atoms with Crippen LogP contribution in [0, 0.1) is 29.4 Å². The second-order valence-corrected chi connectivity index (χ2v) is 20.9. The predicted octanol–water partition coefficient (Wildman–Crippen LogP) is 8.17. The number of carbonyl (C=O) groups is 4. The monoisotopic (exact) mass is 1020 g/mol. The fourth-order valence-corrected chi connectivity index (χ4v) is 12.5. The summed E-state index contributed by atoms with van der Waals surface area (Å²) >= 11 is 6.73. The quantitative estimate of drug-likeness (QED) is 0.0846. The lowest BCUT2D eigenvalue weighted by Crippen LogP contribution is -2.49. The van der Waals surface area contributed by atoms with Gasteiger partial charge in [0, 0.05) is 104 Å². The van der Waals surface area contributed by atoms with Gasteiger partial charge in [-0.3, -0.25) is 29.3 Å². The number of carbonyl (C=O) groups excluding carboxylic acids is 4. The van der Waals surface area contributed by atoms with Gasteiger partial charge in [-0.05, 0) is 106 Å². The number of primary amides is 1. The molecule has 4 fully saturated rings. The van der Waals surface area contributed by atoms with Gasteiger partial charge in [0.05, 0.1) is 22.7 Å². The van der Waals surface area contributed by atoms with E-state index in [1.54, 1.807) is 4.68 Å². The number of aliphatic hydroxyl groups excluding tert-OH is 1. The second kappa shape index (κ2) is 20.9. The van der Waals surface area contributed by atoms with Gasteiger partial charge in [-0.15, -0.1) is 0 Å². The number of benzene rings is 4. The van der Waals surface area contributed by atoms with Crippen LogP contribution in [-0.2, 0) is 22.2 Å². The number of urea groups is 1. The average molecular weight is 1020 g/mol. The number of fused-ring (bicyclic) bond motifs is 2. The summed E-state index contributed by atoms with van der Waals surface area (Å²) in [4.78, 5) is 57.1. The molecule has 15 nitrogen and oxygen atoms in total. The molecule has 0 bridgehead atoms. The largest absolute Gasteiger partial charge is 0.488 e. The molecule has 18 heteroatoms. The first kappa shape index (κ1) is 50.2. The molecule has 4 aromatic carbocycles. The summed E-state index contributed by atoms with van der Waals surface area (Å²) in [6.45, 7) is 5.44. The molecule has 386 valence electrons. The minimum absolute atomic E-state index is 0.0424. The van der Waals surface area contributed by atoms with Crippen molar-refractivity contribution in [3.63, 3.8) is 0 Å². The first-order valence-electron chi connectivity index (χ1n) is 25.7. The molecule has 73 heavy (non-hydrogen) atoms. The number of nitrogens with two attached hydrogens (primary N) is 1. The van der Waals surface area contributed by atoms with Gasteiger partial charge in [0.2, 0.25) is 17.7 Å². The highest BCUT2D eigenvalue weighted by atomic mass is 35.5. The standard InChI is InChI=1S/C55H63ClF2N8O7/c1-32-46-44(30-41(57)49(56)48(46)47-40(51(59)69)14-15-43(50(47)58)72-27-26-67)73-55(32,36-6-4-3-5-7-36)31-60-37-10-8-35(9-11-37)53(70)65-23-18-34(19-24-65)28-33-16-21-64(22-17-33)38-12-13-39-42(29-38)63(2)62-52(39)66-25-20-45(68)61-54(66)71/h3-7,12-15,29-30,32-35,37,60,67H,8-11,16-28,31H2,1-2H3,(H2,59,69)(H,61,68,71). The number of nitrogens with one attached hydrogen (secondary N) is 2. The van der Waals surface area contributed by atoms with E-state index in [0.717, 1.165) is 99.7 Å². The van der Waals surface area contributed by atoms with Gasteiger partial charge in [-0.2, -0.15) is 5.10 Å². The molecule has 0 spiro atoms. The normalized spacial score (nSPS) is 22.9. The predicted molar refractivity (Wildman–Crippen MR) is 274 cm³/mol. The molecule has 5 aromatic rings. The lowest BCUT2D eigenvalue weighted by Gasteiger charge is -2.39. The van der Waals surface area contributed by atoms with Crippen LogP contribution < -0.4 is 35.6 Å². The van der Waals surface area contributed by atoms with Crippen LogP contribution in [0.3, 0.4) is 0 Å². The van der Waals surface area contributed by atoms with Crippen LogP contribution in [0.25, 0.3) is 22.0 Å². The summed E-state index contributed by atoms with van der Waals surface area (Å²) in [5.74, 6) is -1.66. The Morgan fingerprint density at radius 3 is 2.33 bits per heavy atom. The Labute approximate surface area is 428 Å². The van der Waals surface area contributed by atoms with Crippen molar-refractivity contribution in [3.8, 4) is 22.6 Å². The molecule has 1 aromatic heterocycles. The number of imide groups is 1. The number of hydrogen-bond donors (Lipinski definition) is 4. The number of halogens is 3. The number of hydrogen-bond acceptors (Lipinski definition) is 10. The number of piperidine rings is 2. The molecule has 10 rings (SSSR count). The van der Waals surface area contributed by atoms with Crippen molar-refractivity contribution in [2.75, 3.05) is 62.3 Å². The molecule has 5 heterocycles. The maximum Gasteiger partial charge on any atom is 0.329 e. The molecule has 1 aliphatic carbocycles. The summed E-state index contributed by atoms with van der Waals surface area (Å²) in [6, 6.07) is 19.3. The lowest BCUT2D eigenvalue weighted by molar-refractivity contribution is -0.138. The number of aliphatic hydroxyl groups is 1. The fraction of sp³-hybridized carbons (Fsp3) is 0.473. The van der Waals surface area contributed by atoms with E-state index >= 15 is 8.78 Å². The summed E-state index contributed by atoms with van der Waals surface area (Å²) in [6.07, 6.45) is 8.76. The average Bonchev–Trinajstić information content (AvgIpc) is 3.88. The molecule has 5 aliphatic rings. The molecule has 0 radical (unpaired) electrons. The maximum absolute atomic E-state index is 16.5. The zero-order valence-corrected chi connectivity index (χ0v) is 42.1. The summed E-state index contributed by atoms with van der Waals surface area (Å²) < 4.78 is 46.4. The number of aryl methyl sites for hydroxylation is 1. The van der Waals surface area contributed by atoms with E-state index in [4.69, 9.17) is 26.8 Å². The van der Waals surface area contributed by atoms with Gasteiger partial charge in [0.15, 0.2) is 23.0 Å². The van der Waals surface area contributed by atoms with Crippen LogP contribution in [0.4, 0.5) is 25.1 Å². The number of aromatic nitrogens is 2. The lowest BCUT2D eigenvalue weighted by atomic mass is 9.77. The van der Waals surface area contributed by atoms with E-state index in [-0.39, 0.29) is 71.6 Å². The SMILES string of the molecule is CC1c2c(cc(F)c(Cl)c2-c2c(C(N)=O)ccc(OCCO)c2F)OC1(CNC1CCC(C(=O)N2CCC(CC3CCN(c4ccc5c(N6CCC(=O)NC6=O)nn(C)c5c4)CC3)CC2)CC1)c1ccccc1. The summed E-state index contributed by atoms with van der Waals surface area (Å²) in [5, 5.41) is 20.7. The van der Waals surface area contributed by atoms with Crippen molar-refractivity contribution in [2.24, 2.45) is 30.5 Å². The molecule has 4 aliphatic heterocycles. The molecule has 5 N–H and O–H groups in total. The minimum Gasteiger partial charge on any atom is -0.488 e. The van der Waals surface area contributed by atoms with Gasteiger partial charge in [0.25, 0.3) is 0 Å². The van der Waals surface area contributed by atoms with Crippen molar-refractivity contribution in [1.29, 1.82) is 0 Å². The Bertz CT molecular complexity index is 2920. The third kappa shape index (κ3) is 9.71. The Hall–Kier alpha value is -6.30. The van der Waals surface area contributed by atoms with Gasteiger partial charge in [-0.1, -0.05) is 48.9 Å². The molecule has 2 unspecified atom stereocenters. The van der Waals surface area contributed by atoms with Crippen molar-refractivity contribution in [2.45, 2.75) is 88.7 Å². The number of nitrogens with zero attached hydrogens (tertiary/aromatic N) is 5. The van der Waals surface area contributed by atoms with Crippen molar-refractivity contribution in [1.82, 2.24) is 25.3 Å². The number of rotatable bonds is 14. The third-order valence-corrected chi connectivity index (χ3v) is 16.7. The Morgan fingerprint density at radius 2 is 1.64 bits per heavy atom. The van der Waals surface area contributed by atoms with Crippen molar-refractivity contribution < 1.29 is 42.5 Å². The topological polar surface area (TPSA) is 185 Å². The van der Waals surface area contributed by atoms with Gasteiger partial charge >= 0.3 is 6.03 Å². The molecule has 5 amide bonds. The highest BCUT2D eigenvalue weighted by Crippen LogP contribution is 2.56. The minimum atomic E-state index is -1.10. The van der Waals surface area contributed by atoms with E-state index < -0.39 is 40.1 Å². The van der Waals surface area contributed by atoms with Crippen molar-refractivity contribution >= 4 is 57.8 Å². The van der Waals surface area contributed by atoms with Crippen LogP contribution in [-0.4, -0.2) is 102 Å². The van der Waals surface area contributed by atoms with E-state index in [1.165, 1.54) is 29.5 Å². The van der Waals surface area contributed by atoms with Crippen LogP contribution >= 0.6 is 11.6 Å². The number of likely N-dealkylation sites (tertiary alicyclic amines) is 1. The Morgan fingerprint density at radius 1 is 0.932 bits per heavy atom. The molecular formula is C55H63ClF2N8O7. The summed E-state index contributed by atoms with van der Waals surface area (Å²) in [5.41, 5.74) is 7.41. The van der Waals surface area contributed by atoms with E-state index in [0.29, 0.717) is 36.3 Å². The van der Waals surface area contributed by atoms with Gasteiger partial charge < -0.3 is 35.4 Å². The molecule has 2 atom stereocenters. The first-order chi connectivity index (χ1) is 35.2. The number of amides is 5. The number of anilines is 2. The van der Waals surface area contributed by atoms with E-state index in [1.807, 2.05) is 50.4 Å². The fourth-order valence-electron chi connectivity index (χ4n) is 12.3. The number of ether oxygens (including phenoxy) is 2. The first-order valence-corrected chi connectivity index (χ1v) is 26.1. The molecular weight excluding hydrogens is 958 g/mol. The highest BCUT2D eigenvalue weighted by molar-refractivity contribution is 6.34. The van der Waals surface area contributed by atoms with Crippen LogP contribution in [0.15, 0.2) is 66.7 Å². The van der Waals surface area contributed by atoms with Crippen LogP contribution in [0.5, 0.6) is 11.5 Å². The Balaban J connectivity index is 0.731. The zero-order chi connectivity index (χ0) is 51.1. The van der Waals surface area contributed by atoms with Crippen LogP contribution in [0.2, 0.25) is 5.02 Å². The van der Waals surface area contributed by atoms with Gasteiger partial charge in [-0.25, -0.2) is 13.6 Å². The third-order valence-electron chi connectivity index (χ3n) is 16.3.